The second-order valence-electron chi connectivity index (χ2n) is 6.68. The molecule has 0 aliphatic rings. The molecule has 1 heterocycles. The number of hydrogen-bond acceptors (Lipinski definition) is 6. The summed E-state index contributed by atoms with van der Waals surface area (Å²) in [5.74, 6) is 3.13. The highest BCUT2D eigenvalue weighted by Gasteiger charge is 2.08. The number of rotatable bonds is 8. The molecule has 0 atom stereocenters. The molecule has 1 aromatic heterocycles. The van der Waals surface area contributed by atoms with Gasteiger partial charge in [0.05, 0.1) is 14.2 Å². The number of methoxy groups -OCH3 is 2. The zero-order valence-electron chi connectivity index (χ0n) is 16.7. The molecule has 0 aliphatic heterocycles. The summed E-state index contributed by atoms with van der Waals surface area (Å²) in [6.45, 7) is 4.95. The Morgan fingerprint density at radius 1 is 0.964 bits per heavy atom. The Kier molecular flexibility index (Phi) is 6.32. The average Bonchev–Trinajstić information content (AvgIpc) is 2.72. The maximum atomic E-state index is 5.36. The van der Waals surface area contributed by atoms with Gasteiger partial charge in [0.25, 0.3) is 0 Å². The molecule has 0 radical (unpaired) electrons. The van der Waals surface area contributed by atoms with Crippen LogP contribution >= 0.6 is 0 Å². The van der Waals surface area contributed by atoms with E-state index in [0.29, 0.717) is 29.9 Å². The molecule has 0 amide bonds. The number of benzene rings is 2. The van der Waals surface area contributed by atoms with Crippen LogP contribution in [0.1, 0.15) is 30.9 Å². The highest BCUT2D eigenvalue weighted by molar-refractivity contribution is 5.60. The van der Waals surface area contributed by atoms with Crippen molar-refractivity contribution in [2.45, 2.75) is 26.3 Å². The topological polar surface area (TPSA) is 68.3 Å². The van der Waals surface area contributed by atoms with Crippen molar-refractivity contribution < 1.29 is 9.47 Å². The fraction of sp³-hybridized carbons (Fsp3) is 0.273. The van der Waals surface area contributed by atoms with Crippen molar-refractivity contribution in [2.75, 3.05) is 24.9 Å². The monoisotopic (exact) mass is 378 g/mol. The Labute approximate surface area is 166 Å². The maximum Gasteiger partial charge on any atom is 0.229 e. The molecular formula is C22H26N4O2. The number of aromatic nitrogens is 2. The zero-order chi connectivity index (χ0) is 19.9. The molecule has 6 nitrogen and oxygen atoms in total. The van der Waals surface area contributed by atoms with Crippen LogP contribution in [0, 0.1) is 0 Å². The number of ether oxygens (including phenoxy) is 2. The first-order chi connectivity index (χ1) is 13.6. The van der Waals surface area contributed by atoms with Crippen molar-refractivity contribution in [3.63, 3.8) is 0 Å². The largest absolute Gasteiger partial charge is 0.493 e. The van der Waals surface area contributed by atoms with E-state index in [0.717, 1.165) is 17.1 Å². The summed E-state index contributed by atoms with van der Waals surface area (Å²) in [6, 6.07) is 15.9. The van der Waals surface area contributed by atoms with E-state index < -0.39 is 0 Å². The first-order valence-corrected chi connectivity index (χ1v) is 9.24. The van der Waals surface area contributed by atoms with E-state index in [1.165, 1.54) is 5.56 Å². The Bertz CT molecular complexity index is 928. The van der Waals surface area contributed by atoms with E-state index >= 15 is 0 Å². The van der Waals surface area contributed by atoms with Gasteiger partial charge in [0.2, 0.25) is 5.95 Å². The third kappa shape index (κ3) is 4.71. The van der Waals surface area contributed by atoms with Crippen LogP contribution in [0.4, 0.5) is 17.5 Å². The third-order valence-electron chi connectivity index (χ3n) is 4.41. The second kappa shape index (κ2) is 9.08. The molecular weight excluding hydrogens is 352 g/mol. The van der Waals surface area contributed by atoms with Crippen molar-refractivity contribution in [2.24, 2.45) is 0 Å². The molecule has 0 bridgehead atoms. The molecule has 28 heavy (non-hydrogen) atoms. The summed E-state index contributed by atoms with van der Waals surface area (Å²) in [5.41, 5.74) is 3.32. The molecule has 2 aromatic carbocycles. The number of nitrogens with one attached hydrogen (secondary N) is 2. The summed E-state index contributed by atoms with van der Waals surface area (Å²) in [7, 11) is 3.26. The highest BCUT2D eigenvalue weighted by atomic mass is 16.5. The minimum Gasteiger partial charge on any atom is -0.493 e. The van der Waals surface area contributed by atoms with Gasteiger partial charge in [-0.2, -0.15) is 4.98 Å². The van der Waals surface area contributed by atoms with E-state index in [4.69, 9.17) is 9.47 Å². The summed E-state index contributed by atoms with van der Waals surface area (Å²) >= 11 is 0. The molecule has 0 spiro atoms. The SMILES string of the molecule is COc1ccc(CNc2ccnc(Nc3ccccc3C(C)C)n2)cc1OC. The Morgan fingerprint density at radius 3 is 2.50 bits per heavy atom. The predicted octanol–water partition coefficient (Wildman–Crippen LogP) is 4.97. The molecule has 6 heteroatoms. The minimum absolute atomic E-state index is 0.412. The fourth-order valence-electron chi connectivity index (χ4n) is 2.94. The van der Waals surface area contributed by atoms with Gasteiger partial charge < -0.3 is 20.1 Å². The second-order valence-corrected chi connectivity index (χ2v) is 6.68. The van der Waals surface area contributed by atoms with Crippen molar-refractivity contribution in [1.29, 1.82) is 0 Å². The molecule has 2 N–H and O–H groups in total. The molecule has 0 unspecified atom stereocenters. The van der Waals surface area contributed by atoms with E-state index in [9.17, 15) is 0 Å². The Hall–Kier alpha value is -3.28. The number of hydrogen-bond donors (Lipinski definition) is 2. The molecule has 3 rings (SSSR count). The summed E-state index contributed by atoms with van der Waals surface area (Å²) in [6.07, 6.45) is 1.74. The van der Waals surface area contributed by atoms with Crippen molar-refractivity contribution >= 4 is 17.5 Å². The molecule has 0 saturated carbocycles. The minimum atomic E-state index is 0.412. The lowest BCUT2D eigenvalue weighted by molar-refractivity contribution is 0.354. The quantitative estimate of drug-likeness (QED) is 0.577. The van der Waals surface area contributed by atoms with Gasteiger partial charge in [0.1, 0.15) is 5.82 Å². The van der Waals surface area contributed by atoms with Crippen molar-refractivity contribution in [3.8, 4) is 11.5 Å². The average molecular weight is 378 g/mol. The lowest BCUT2D eigenvalue weighted by Crippen LogP contribution is -2.05. The van der Waals surface area contributed by atoms with Gasteiger partial charge in [-0.1, -0.05) is 38.1 Å². The van der Waals surface area contributed by atoms with Gasteiger partial charge in [-0.05, 0) is 41.3 Å². The van der Waals surface area contributed by atoms with Gasteiger partial charge in [-0.15, -0.1) is 0 Å². The van der Waals surface area contributed by atoms with Crippen LogP contribution < -0.4 is 20.1 Å². The lowest BCUT2D eigenvalue weighted by atomic mass is 10.0. The Balaban J connectivity index is 1.71. The van der Waals surface area contributed by atoms with Crippen LogP contribution in [-0.2, 0) is 6.54 Å². The van der Waals surface area contributed by atoms with E-state index in [1.54, 1.807) is 20.4 Å². The highest BCUT2D eigenvalue weighted by Crippen LogP contribution is 2.28. The van der Waals surface area contributed by atoms with Gasteiger partial charge in [-0.3, -0.25) is 0 Å². The van der Waals surface area contributed by atoms with Gasteiger partial charge in [0, 0.05) is 18.4 Å². The smallest absolute Gasteiger partial charge is 0.229 e. The predicted molar refractivity (Wildman–Crippen MR) is 113 cm³/mol. The molecule has 146 valence electrons. The van der Waals surface area contributed by atoms with E-state index in [2.05, 4.69) is 40.5 Å². The summed E-state index contributed by atoms with van der Waals surface area (Å²) in [5, 5.41) is 6.65. The van der Waals surface area contributed by atoms with Crippen LogP contribution in [0.5, 0.6) is 11.5 Å². The fourth-order valence-corrected chi connectivity index (χ4v) is 2.94. The first-order valence-electron chi connectivity index (χ1n) is 9.24. The molecule has 0 fully saturated rings. The van der Waals surface area contributed by atoms with E-state index in [1.807, 2.05) is 42.5 Å². The van der Waals surface area contributed by atoms with Crippen LogP contribution in [0.15, 0.2) is 54.7 Å². The van der Waals surface area contributed by atoms with Gasteiger partial charge in [-0.25, -0.2) is 4.98 Å². The third-order valence-corrected chi connectivity index (χ3v) is 4.41. The Morgan fingerprint density at radius 2 is 1.75 bits per heavy atom. The summed E-state index contributed by atoms with van der Waals surface area (Å²) < 4.78 is 10.6. The summed E-state index contributed by atoms with van der Waals surface area (Å²) in [4.78, 5) is 8.91. The van der Waals surface area contributed by atoms with Crippen molar-refractivity contribution in [3.05, 3.63) is 65.9 Å². The molecule has 3 aromatic rings. The van der Waals surface area contributed by atoms with Crippen LogP contribution in [-0.4, -0.2) is 24.2 Å². The standard InChI is InChI=1S/C22H26N4O2/c1-15(2)17-7-5-6-8-18(17)25-22-23-12-11-21(26-22)24-14-16-9-10-19(27-3)20(13-16)28-4/h5-13,15H,14H2,1-4H3,(H2,23,24,25,26). The van der Waals surface area contributed by atoms with Crippen LogP contribution in [0.3, 0.4) is 0 Å². The number of nitrogens with zero attached hydrogens (tertiary/aromatic N) is 2. The van der Waals surface area contributed by atoms with E-state index in [-0.39, 0.29) is 0 Å². The first kappa shape index (κ1) is 19.5. The molecule has 0 aliphatic carbocycles. The number of para-hydroxylation sites is 1. The molecule has 0 saturated heterocycles. The maximum absolute atomic E-state index is 5.36. The van der Waals surface area contributed by atoms with Crippen LogP contribution in [0.2, 0.25) is 0 Å². The van der Waals surface area contributed by atoms with Gasteiger partial charge >= 0.3 is 0 Å². The van der Waals surface area contributed by atoms with Crippen LogP contribution in [0.25, 0.3) is 0 Å². The normalized spacial score (nSPS) is 10.6. The van der Waals surface area contributed by atoms with Gasteiger partial charge in [0.15, 0.2) is 11.5 Å². The van der Waals surface area contributed by atoms with Crippen molar-refractivity contribution in [1.82, 2.24) is 9.97 Å². The lowest BCUT2D eigenvalue weighted by Gasteiger charge is -2.14. The number of anilines is 3. The zero-order valence-corrected chi connectivity index (χ0v) is 16.7.